The molecule has 1 fully saturated rings. The molecule has 0 spiro atoms. The van der Waals surface area contributed by atoms with Crippen LogP contribution in [-0.2, 0) is 14.8 Å². The van der Waals surface area contributed by atoms with E-state index in [1.165, 1.54) is 15.6 Å². The molecular formula is C13H15N3O4S2. The van der Waals surface area contributed by atoms with E-state index in [1.807, 2.05) is 5.38 Å². The molecule has 0 bridgehead atoms. The topological polar surface area (TPSA) is 92.5 Å². The van der Waals surface area contributed by atoms with Gasteiger partial charge in [0.1, 0.15) is 16.6 Å². The van der Waals surface area contributed by atoms with E-state index in [-0.39, 0.29) is 29.7 Å². The molecule has 9 heteroatoms. The van der Waals surface area contributed by atoms with Gasteiger partial charge in [0.25, 0.3) is 0 Å². The summed E-state index contributed by atoms with van der Waals surface area (Å²) in [4.78, 5) is 13.0. The lowest BCUT2D eigenvalue weighted by Gasteiger charge is -2.33. The lowest BCUT2D eigenvalue weighted by atomic mass is 10.2. The molecule has 3 heterocycles. The second-order valence-electron chi connectivity index (χ2n) is 4.98. The fourth-order valence-electron chi connectivity index (χ4n) is 2.58. The average Bonchev–Trinajstić information content (AvgIpc) is 3.09. The normalized spacial score (nSPS) is 20.1. The molecule has 118 valence electrons. The molecule has 0 saturated carbocycles. The molecule has 1 unspecified atom stereocenters. The molecule has 1 aliphatic rings. The van der Waals surface area contributed by atoms with Gasteiger partial charge in [0, 0.05) is 18.0 Å². The van der Waals surface area contributed by atoms with Crippen LogP contribution in [0, 0.1) is 13.8 Å². The Hall–Kier alpha value is -1.71. The third-order valence-corrected chi connectivity index (χ3v) is 6.55. The van der Waals surface area contributed by atoms with Crippen molar-refractivity contribution in [1.29, 1.82) is 0 Å². The molecule has 1 atom stereocenters. The maximum absolute atomic E-state index is 13.0. The van der Waals surface area contributed by atoms with Crippen LogP contribution in [0.3, 0.4) is 0 Å². The fourth-order valence-corrected chi connectivity index (χ4v) is 5.35. The Morgan fingerprint density at radius 3 is 2.82 bits per heavy atom. The zero-order valence-electron chi connectivity index (χ0n) is 12.1. The molecule has 22 heavy (non-hydrogen) atoms. The summed E-state index contributed by atoms with van der Waals surface area (Å²) in [5, 5.41) is 8.24. The van der Waals surface area contributed by atoms with Crippen molar-refractivity contribution in [1.82, 2.24) is 14.8 Å². The highest BCUT2D eigenvalue weighted by Gasteiger charge is 2.42. The Bertz CT molecular complexity index is 776. The molecule has 1 amide bonds. The first-order valence-electron chi connectivity index (χ1n) is 6.68. The van der Waals surface area contributed by atoms with Gasteiger partial charge in [-0.25, -0.2) is 8.42 Å². The van der Waals surface area contributed by atoms with Crippen molar-refractivity contribution in [2.45, 2.75) is 24.8 Å². The molecule has 3 rings (SSSR count). The highest BCUT2D eigenvalue weighted by atomic mass is 32.2. The van der Waals surface area contributed by atoms with Crippen LogP contribution in [0.5, 0.6) is 0 Å². The number of rotatable bonds is 3. The second kappa shape index (κ2) is 5.49. The highest BCUT2D eigenvalue weighted by molar-refractivity contribution is 7.89. The van der Waals surface area contributed by atoms with Crippen LogP contribution in [0.2, 0.25) is 0 Å². The number of carbonyl (C=O) groups is 1. The van der Waals surface area contributed by atoms with E-state index in [1.54, 1.807) is 26.0 Å². The number of hydrogen-bond acceptors (Lipinski definition) is 6. The molecule has 2 aromatic rings. The maximum atomic E-state index is 13.0. The van der Waals surface area contributed by atoms with Crippen LogP contribution >= 0.6 is 11.3 Å². The van der Waals surface area contributed by atoms with E-state index in [9.17, 15) is 13.2 Å². The lowest BCUT2D eigenvalue weighted by Crippen LogP contribution is -2.51. The van der Waals surface area contributed by atoms with Gasteiger partial charge in [-0.05, 0) is 25.3 Å². The SMILES string of the molecule is Cc1noc(C)c1S(=O)(=O)N1CCNC(=O)C1c1cccs1. The minimum atomic E-state index is -3.87. The number of hydrogen-bond donors (Lipinski definition) is 1. The standard InChI is InChI=1S/C13H15N3O4S2/c1-8-12(9(2)20-15-8)22(18,19)16-6-5-14-13(17)11(16)10-4-3-7-21-10/h3-4,7,11H,5-6H2,1-2H3,(H,14,17). The highest BCUT2D eigenvalue weighted by Crippen LogP contribution is 2.33. The Labute approximate surface area is 132 Å². The Morgan fingerprint density at radius 2 is 2.23 bits per heavy atom. The summed E-state index contributed by atoms with van der Waals surface area (Å²) in [5.41, 5.74) is 0.299. The number of amides is 1. The van der Waals surface area contributed by atoms with Gasteiger partial charge < -0.3 is 9.84 Å². The van der Waals surface area contributed by atoms with Gasteiger partial charge >= 0.3 is 0 Å². The van der Waals surface area contributed by atoms with Gasteiger partial charge in [-0.3, -0.25) is 4.79 Å². The third-order valence-electron chi connectivity index (χ3n) is 3.51. The number of carbonyl (C=O) groups excluding carboxylic acids is 1. The van der Waals surface area contributed by atoms with Crippen LogP contribution in [0.15, 0.2) is 26.9 Å². The first-order valence-corrected chi connectivity index (χ1v) is 9.00. The third kappa shape index (κ3) is 2.34. The van der Waals surface area contributed by atoms with Gasteiger partial charge in [0.15, 0.2) is 5.76 Å². The lowest BCUT2D eigenvalue weighted by molar-refractivity contribution is -0.126. The van der Waals surface area contributed by atoms with Crippen molar-refractivity contribution in [3.8, 4) is 0 Å². The Balaban J connectivity index is 2.10. The monoisotopic (exact) mass is 341 g/mol. The number of piperazine rings is 1. The minimum Gasteiger partial charge on any atom is -0.360 e. The smallest absolute Gasteiger partial charge is 0.249 e. The van der Waals surface area contributed by atoms with Gasteiger partial charge in [-0.1, -0.05) is 11.2 Å². The van der Waals surface area contributed by atoms with Crippen LogP contribution < -0.4 is 5.32 Å². The summed E-state index contributed by atoms with van der Waals surface area (Å²) >= 11 is 1.35. The summed E-state index contributed by atoms with van der Waals surface area (Å²) in [5.74, 6) is -0.0857. The summed E-state index contributed by atoms with van der Waals surface area (Å²) in [6.45, 7) is 3.62. The van der Waals surface area contributed by atoms with E-state index in [0.717, 1.165) is 0 Å². The Morgan fingerprint density at radius 1 is 1.45 bits per heavy atom. The van der Waals surface area contributed by atoms with Crippen molar-refractivity contribution >= 4 is 27.3 Å². The molecular weight excluding hydrogens is 326 g/mol. The molecule has 0 radical (unpaired) electrons. The van der Waals surface area contributed by atoms with Gasteiger partial charge in [-0.2, -0.15) is 4.31 Å². The first-order chi connectivity index (χ1) is 10.4. The summed E-state index contributed by atoms with van der Waals surface area (Å²) < 4.78 is 32.2. The van der Waals surface area contributed by atoms with Crippen molar-refractivity contribution in [3.63, 3.8) is 0 Å². The van der Waals surface area contributed by atoms with E-state index in [2.05, 4.69) is 10.5 Å². The van der Waals surface area contributed by atoms with E-state index < -0.39 is 16.1 Å². The number of nitrogens with one attached hydrogen (secondary N) is 1. The zero-order valence-corrected chi connectivity index (χ0v) is 13.7. The van der Waals surface area contributed by atoms with Gasteiger partial charge in [0.2, 0.25) is 15.9 Å². The quantitative estimate of drug-likeness (QED) is 0.906. The maximum Gasteiger partial charge on any atom is 0.249 e. The molecule has 1 N–H and O–H groups in total. The number of aromatic nitrogens is 1. The van der Waals surface area contributed by atoms with E-state index in [4.69, 9.17) is 4.52 Å². The Kier molecular flexibility index (Phi) is 3.79. The van der Waals surface area contributed by atoms with Gasteiger partial charge in [0.05, 0.1) is 0 Å². The van der Waals surface area contributed by atoms with Crippen molar-refractivity contribution in [2.24, 2.45) is 0 Å². The van der Waals surface area contributed by atoms with Crippen molar-refractivity contribution in [2.75, 3.05) is 13.1 Å². The zero-order chi connectivity index (χ0) is 15.9. The number of sulfonamides is 1. The molecule has 0 aromatic carbocycles. The minimum absolute atomic E-state index is 0.0451. The summed E-state index contributed by atoms with van der Waals surface area (Å²) in [6, 6.07) is 2.70. The fraction of sp³-hybridized carbons (Fsp3) is 0.385. The van der Waals surface area contributed by atoms with Crippen LogP contribution in [0.4, 0.5) is 0 Å². The van der Waals surface area contributed by atoms with Gasteiger partial charge in [-0.15, -0.1) is 11.3 Å². The summed E-state index contributed by atoms with van der Waals surface area (Å²) in [6.07, 6.45) is 0. The van der Waals surface area contributed by atoms with E-state index in [0.29, 0.717) is 10.6 Å². The first kappa shape index (κ1) is 15.2. The van der Waals surface area contributed by atoms with Crippen molar-refractivity contribution < 1.29 is 17.7 Å². The predicted molar refractivity (Wildman–Crippen MR) is 79.9 cm³/mol. The van der Waals surface area contributed by atoms with Crippen LogP contribution in [-0.4, -0.2) is 36.9 Å². The number of nitrogens with zero attached hydrogens (tertiary/aromatic N) is 2. The molecule has 1 saturated heterocycles. The molecule has 7 nitrogen and oxygen atoms in total. The van der Waals surface area contributed by atoms with Crippen LogP contribution in [0.1, 0.15) is 22.4 Å². The summed E-state index contributed by atoms with van der Waals surface area (Å²) in [7, 11) is -3.87. The number of thiophene rings is 1. The molecule has 0 aliphatic carbocycles. The predicted octanol–water partition coefficient (Wildman–Crippen LogP) is 1.21. The largest absolute Gasteiger partial charge is 0.360 e. The van der Waals surface area contributed by atoms with Crippen molar-refractivity contribution in [3.05, 3.63) is 33.8 Å². The molecule has 1 aliphatic heterocycles. The van der Waals surface area contributed by atoms with E-state index >= 15 is 0 Å². The molecule has 2 aromatic heterocycles. The van der Waals surface area contributed by atoms with Crippen LogP contribution in [0.25, 0.3) is 0 Å². The number of aryl methyl sites for hydroxylation is 2. The average molecular weight is 341 g/mol. The second-order valence-corrected chi connectivity index (χ2v) is 7.78.